The van der Waals surface area contributed by atoms with Crippen molar-refractivity contribution in [3.8, 4) is 0 Å². The Morgan fingerprint density at radius 1 is 1.35 bits per heavy atom. The number of hydrogen-bond acceptors (Lipinski definition) is 2. The fourth-order valence-electron chi connectivity index (χ4n) is 1.50. The molecule has 0 bridgehead atoms. The third kappa shape index (κ3) is 4.88. The quantitative estimate of drug-likeness (QED) is 0.875. The first-order chi connectivity index (χ1) is 8.02. The summed E-state index contributed by atoms with van der Waals surface area (Å²) in [7, 11) is 0. The molecule has 0 saturated carbocycles. The van der Waals surface area contributed by atoms with Crippen molar-refractivity contribution in [2.45, 2.75) is 26.3 Å². The highest BCUT2D eigenvalue weighted by Gasteiger charge is 2.15. The molecule has 0 spiro atoms. The molecule has 0 radical (unpaired) electrons. The highest BCUT2D eigenvalue weighted by atomic mass is 79.9. The molecule has 0 heterocycles. The minimum atomic E-state index is -0.185. The van der Waals surface area contributed by atoms with Crippen LogP contribution in [-0.4, -0.2) is 23.7 Å². The van der Waals surface area contributed by atoms with Crippen LogP contribution < -0.4 is 5.32 Å². The Labute approximate surface area is 110 Å². The fraction of sp³-hybridized carbons (Fsp3) is 0.462. The van der Waals surface area contributed by atoms with Crippen LogP contribution in [0.1, 0.15) is 19.4 Å². The van der Waals surface area contributed by atoms with Crippen molar-refractivity contribution in [1.29, 1.82) is 0 Å². The lowest BCUT2D eigenvalue weighted by atomic mass is 10.0. The van der Waals surface area contributed by atoms with Crippen molar-refractivity contribution in [2.75, 3.05) is 6.61 Å². The van der Waals surface area contributed by atoms with Crippen LogP contribution in [0.2, 0.25) is 0 Å². The van der Waals surface area contributed by atoms with Gasteiger partial charge in [-0.25, -0.2) is 0 Å². The zero-order valence-corrected chi connectivity index (χ0v) is 11.7. The number of carbonyl (C=O) groups excluding carboxylic acids is 1. The second-order valence-electron chi connectivity index (χ2n) is 4.32. The van der Waals surface area contributed by atoms with Gasteiger partial charge in [-0.05, 0) is 31.0 Å². The molecule has 1 amide bonds. The van der Waals surface area contributed by atoms with E-state index in [0.29, 0.717) is 6.42 Å². The van der Waals surface area contributed by atoms with Crippen molar-refractivity contribution < 1.29 is 9.90 Å². The lowest BCUT2D eigenvalue weighted by Gasteiger charge is -2.15. The van der Waals surface area contributed by atoms with E-state index < -0.39 is 0 Å². The van der Waals surface area contributed by atoms with Gasteiger partial charge in [-0.2, -0.15) is 0 Å². The number of nitrogens with one attached hydrogen (secondary N) is 1. The van der Waals surface area contributed by atoms with Crippen LogP contribution >= 0.6 is 15.9 Å². The minimum absolute atomic E-state index is 0.0190. The predicted octanol–water partition coefficient (Wildman–Crippen LogP) is 2.12. The standard InChI is InChI=1S/C13H18BrNO2/c1-9(13(17)15-10(2)8-16)7-11-3-5-12(14)6-4-11/h3-6,9-10,16H,7-8H2,1-2H3,(H,15,17)/t9-,10-/m0/s1. The van der Waals surface area contributed by atoms with Crippen molar-refractivity contribution in [3.05, 3.63) is 34.3 Å². The number of amides is 1. The van der Waals surface area contributed by atoms with Gasteiger partial charge in [0.1, 0.15) is 0 Å². The molecule has 0 unspecified atom stereocenters. The molecule has 1 aromatic carbocycles. The SMILES string of the molecule is C[C@@H](CO)NC(=O)[C@@H](C)Cc1ccc(Br)cc1. The average Bonchev–Trinajstić information content (AvgIpc) is 2.31. The number of carbonyl (C=O) groups is 1. The number of aliphatic hydroxyl groups excluding tert-OH is 1. The van der Waals surface area contributed by atoms with Gasteiger partial charge < -0.3 is 10.4 Å². The lowest BCUT2D eigenvalue weighted by molar-refractivity contribution is -0.125. The number of hydrogen-bond donors (Lipinski definition) is 2. The molecular formula is C13H18BrNO2. The van der Waals surface area contributed by atoms with E-state index in [2.05, 4.69) is 21.2 Å². The summed E-state index contributed by atoms with van der Waals surface area (Å²) in [5.74, 6) is -0.111. The highest BCUT2D eigenvalue weighted by molar-refractivity contribution is 9.10. The Morgan fingerprint density at radius 2 is 1.94 bits per heavy atom. The zero-order chi connectivity index (χ0) is 12.8. The van der Waals surface area contributed by atoms with Crippen LogP contribution in [0, 0.1) is 5.92 Å². The minimum Gasteiger partial charge on any atom is -0.394 e. The number of halogens is 1. The first kappa shape index (κ1) is 14.2. The largest absolute Gasteiger partial charge is 0.394 e. The predicted molar refractivity (Wildman–Crippen MR) is 71.7 cm³/mol. The van der Waals surface area contributed by atoms with Crippen molar-refractivity contribution >= 4 is 21.8 Å². The summed E-state index contributed by atoms with van der Waals surface area (Å²) >= 11 is 3.38. The van der Waals surface area contributed by atoms with Crippen molar-refractivity contribution in [3.63, 3.8) is 0 Å². The first-order valence-electron chi connectivity index (χ1n) is 5.68. The normalized spacial score (nSPS) is 14.1. The Hall–Kier alpha value is -0.870. The zero-order valence-electron chi connectivity index (χ0n) is 10.1. The molecule has 3 nitrogen and oxygen atoms in total. The molecule has 17 heavy (non-hydrogen) atoms. The van der Waals surface area contributed by atoms with Crippen LogP contribution in [0.5, 0.6) is 0 Å². The van der Waals surface area contributed by atoms with Gasteiger partial charge in [0.25, 0.3) is 0 Å². The Kier molecular flexibility index (Phi) is 5.65. The summed E-state index contributed by atoms with van der Waals surface area (Å²) in [5.41, 5.74) is 1.13. The maximum Gasteiger partial charge on any atom is 0.223 e. The van der Waals surface area contributed by atoms with Gasteiger partial charge >= 0.3 is 0 Å². The van der Waals surface area contributed by atoms with E-state index in [1.807, 2.05) is 31.2 Å². The molecule has 94 valence electrons. The molecular weight excluding hydrogens is 282 g/mol. The average molecular weight is 300 g/mol. The molecule has 0 aliphatic heterocycles. The molecule has 1 aromatic rings. The van der Waals surface area contributed by atoms with Gasteiger partial charge in [-0.15, -0.1) is 0 Å². The summed E-state index contributed by atoms with van der Waals surface area (Å²) in [4.78, 5) is 11.8. The molecule has 1 rings (SSSR count). The topological polar surface area (TPSA) is 49.3 Å². The van der Waals surface area contributed by atoms with E-state index in [4.69, 9.17) is 5.11 Å². The van der Waals surface area contributed by atoms with E-state index in [-0.39, 0.29) is 24.5 Å². The van der Waals surface area contributed by atoms with Crippen LogP contribution in [0.15, 0.2) is 28.7 Å². The van der Waals surface area contributed by atoms with Gasteiger partial charge in [-0.1, -0.05) is 35.0 Å². The van der Waals surface area contributed by atoms with Gasteiger partial charge in [0.15, 0.2) is 0 Å². The fourth-order valence-corrected chi connectivity index (χ4v) is 1.76. The Bertz CT molecular complexity index is 364. The monoisotopic (exact) mass is 299 g/mol. The summed E-state index contributed by atoms with van der Waals surface area (Å²) in [6.45, 7) is 3.64. The molecule has 0 aliphatic rings. The van der Waals surface area contributed by atoms with Crippen molar-refractivity contribution in [1.82, 2.24) is 5.32 Å². The van der Waals surface area contributed by atoms with Gasteiger partial charge in [-0.3, -0.25) is 4.79 Å². The summed E-state index contributed by atoms with van der Waals surface area (Å²) in [5, 5.41) is 11.6. The van der Waals surface area contributed by atoms with Gasteiger partial charge in [0, 0.05) is 16.4 Å². The van der Waals surface area contributed by atoms with Gasteiger partial charge in [0.05, 0.1) is 6.61 Å². The lowest BCUT2D eigenvalue weighted by Crippen LogP contribution is -2.38. The molecule has 2 N–H and O–H groups in total. The molecule has 0 fully saturated rings. The third-order valence-electron chi connectivity index (χ3n) is 2.57. The van der Waals surface area contributed by atoms with Crippen LogP contribution in [-0.2, 0) is 11.2 Å². The molecule has 2 atom stereocenters. The highest BCUT2D eigenvalue weighted by Crippen LogP contribution is 2.14. The van der Waals surface area contributed by atoms with E-state index in [1.54, 1.807) is 6.92 Å². The maximum atomic E-state index is 11.8. The van der Waals surface area contributed by atoms with Crippen LogP contribution in [0.25, 0.3) is 0 Å². The summed E-state index contributed by atoms with van der Waals surface area (Å²) in [6.07, 6.45) is 0.706. The van der Waals surface area contributed by atoms with Crippen LogP contribution in [0.3, 0.4) is 0 Å². The molecule has 0 aliphatic carbocycles. The Balaban J connectivity index is 2.51. The molecule has 0 saturated heterocycles. The van der Waals surface area contributed by atoms with Crippen molar-refractivity contribution in [2.24, 2.45) is 5.92 Å². The third-order valence-corrected chi connectivity index (χ3v) is 3.09. The van der Waals surface area contributed by atoms with Gasteiger partial charge in [0.2, 0.25) is 5.91 Å². The second-order valence-corrected chi connectivity index (χ2v) is 5.24. The maximum absolute atomic E-state index is 11.8. The van der Waals surface area contributed by atoms with E-state index in [0.717, 1.165) is 10.0 Å². The smallest absolute Gasteiger partial charge is 0.223 e. The summed E-state index contributed by atoms with van der Waals surface area (Å²) < 4.78 is 1.03. The molecule has 4 heteroatoms. The number of benzene rings is 1. The Morgan fingerprint density at radius 3 is 2.47 bits per heavy atom. The summed E-state index contributed by atoms with van der Waals surface area (Å²) in [6, 6.07) is 7.76. The number of rotatable bonds is 5. The van der Waals surface area contributed by atoms with E-state index in [1.165, 1.54) is 0 Å². The number of aliphatic hydroxyl groups is 1. The molecule has 0 aromatic heterocycles. The van der Waals surface area contributed by atoms with E-state index >= 15 is 0 Å². The van der Waals surface area contributed by atoms with Crippen LogP contribution in [0.4, 0.5) is 0 Å². The first-order valence-corrected chi connectivity index (χ1v) is 6.48. The second kappa shape index (κ2) is 6.77. The van der Waals surface area contributed by atoms with E-state index in [9.17, 15) is 4.79 Å².